The van der Waals surface area contributed by atoms with Crippen molar-refractivity contribution in [2.24, 2.45) is 14.1 Å². The number of aryl methyl sites for hydroxylation is 2. The highest BCUT2D eigenvalue weighted by Crippen LogP contribution is 2.24. The zero-order valence-electron chi connectivity index (χ0n) is 12.9. The van der Waals surface area contributed by atoms with Gasteiger partial charge in [-0.2, -0.15) is 9.25 Å². The Kier molecular flexibility index (Phi) is 3.48. The topological polar surface area (TPSA) is 26.1 Å². The minimum absolute atomic E-state index is 0.416. The Morgan fingerprint density at radius 1 is 1.09 bits per heavy atom. The van der Waals surface area contributed by atoms with Crippen molar-refractivity contribution in [2.75, 3.05) is 0 Å². The molecule has 0 saturated heterocycles. The van der Waals surface area contributed by atoms with Crippen LogP contribution in [0, 0.1) is 13.5 Å². The smallest absolute Gasteiger partial charge is 0.296 e. The summed E-state index contributed by atoms with van der Waals surface area (Å²) in [6, 6.07) is 16.4. The molecule has 0 spiro atoms. The first-order valence-corrected chi connectivity index (χ1v) is 7.08. The molecule has 4 nitrogen and oxygen atoms in total. The maximum atomic E-state index is 7.12. The number of benzene rings is 1. The van der Waals surface area contributed by atoms with Gasteiger partial charge in [0, 0.05) is 17.7 Å². The van der Waals surface area contributed by atoms with Crippen molar-refractivity contribution in [1.29, 1.82) is 0 Å². The first-order chi connectivity index (χ1) is 10.6. The van der Waals surface area contributed by atoms with Gasteiger partial charge in [0.15, 0.2) is 0 Å². The van der Waals surface area contributed by atoms with Gasteiger partial charge in [0.2, 0.25) is 11.4 Å². The summed E-state index contributed by atoms with van der Waals surface area (Å²) in [5.41, 5.74) is 5.55. The van der Waals surface area contributed by atoms with Gasteiger partial charge in [-0.1, -0.05) is 24.8 Å². The Morgan fingerprint density at radius 2 is 1.82 bits per heavy atom. The van der Waals surface area contributed by atoms with Crippen molar-refractivity contribution >= 4 is 5.82 Å². The van der Waals surface area contributed by atoms with Crippen molar-refractivity contribution < 1.29 is 4.57 Å². The number of aromatic nitrogens is 3. The predicted octanol–water partition coefficient (Wildman–Crippen LogP) is 3.44. The molecule has 0 aliphatic heterocycles. The van der Waals surface area contributed by atoms with Crippen LogP contribution >= 0.6 is 0 Å². The largest absolute Gasteiger partial charge is 0.359 e. The highest BCUT2D eigenvalue weighted by molar-refractivity contribution is 5.64. The average Bonchev–Trinajstić information content (AvgIpc) is 2.89. The lowest BCUT2D eigenvalue weighted by atomic mass is 10.0. The van der Waals surface area contributed by atoms with E-state index in [1.807, 2.05) is 38.4 Å². The van der Waals surface area contributed by atoms with E-state index in [4.69, 9.17) is 6.57 Å². The molecule has 0 radical (unpaired) electrons. The normalized spacial score (nSPS) is 10.5. The molecule has 2 heterocycles. The van der Waals surface area contributed by atoms with E-state index in [0.717, 1.165) is 17.1 Å². The quantitative estimate of drug-likeness (QED) is 0.524. The summed E-state index contributed by atoms with van der Waals surface area (Å²) in [7, 11) is 3.91. The predicted molar refractivity (Wildman–Crippen MR) is 86.3 cm³/mol. The van der Waals surface area contributed by atoms with Crippen molar-refractivity contribution in [1.82, 2.24) is 9.78 Å². The third-order valence-corrected chi connectivity index (χ3v) is 3.90. The highest BCUT2D eigenvalue weighted by Gasteiger charge is 2.21. The standard InChI is InChI=1S/C18H17N4/c1-13-8-5-6-9-14(13)15-10-7-11-16(21(15)3)17-12-18(19-2)20-22(17)4/h5-12H,1,3-4H3/q+1. The van der Waals surface area contributed by atoms with Gasteiger partial charge in [-0.25, -0.2) is 0 Å². The Labute approximate surface area is 130 Å². The first-order valence-electron chi connectivity index (χ1n) is 7.08. The zero-order chi connectivity index (χ0) is 15.7. The molecule has 3 aromatic rings. The fourth-order valence-corrected chi connectivity index (χ4v) is 2.72. The lowest BCUT2D eigenvalue weighted by Gasteiger charge is -2.07. The Hall–Kier alpha value is -2.93. The van der Waals surface area contributed by atoms with Gasteiger partial charge in [0.25, 0.3) is 5.82 Å². The molecule has 0 aliphatic carbocycles. The number of pyridine rings is 1. The van der Waals surface area contributed by atoms with E-state index in [9.17, 15) is 0 Å². The summed E-state index contributed by atoms with van der Waals surface area (Å²) in [5, 5.41) is 4.22. The summed E-state index contributed by atoms with van der Waals surface area (Å²) < 4.78 is 3.90. The van der Waals surface area contributed by atoms with Crippen LogP contribution in [0.25, 0.3) is 27.5 Å². The summed E-state index contributed by atoms with van der Waals surface area (Å²) >= 11 is 0. The highest BCUT2D eigenvalue weighted by atomic mass is 15.3. The molecule has 0 bridgehead atoms. The molecule has 2 aromatic heterocycles. The number of hydrogen-bond donors (Lipinski definition) is 0. The van der Waals surface area contributed by atoms with Gasteiger partial charge >= 0.3 is 0 Å². The Morgan fingerprint density at radius 3 is 2.50 bits per heavy atom. The first kappa shape index (κ1) is 14.0. The number of nitrogens with zero attached hydrogens (tertiary/aromatic N) is 4. The summed E-state index contributed by atoms with van der Waals surface area (Å²) in [5.74, 6) is 0.416. The molecule has 0 N–H and O–H groups in total. The molecule has 1 aromatic carbocycles. The van der Waals surface area contributed by atoms with Crippen LogP contribution < -0.4 is 4.57 Å². The molecular weight excluding hydrogens is 272 g/mol. The van der Waals surface area contributed by atoms with E-state index in [2.05, 4.69) is 45.7 Å². The second-order valence-corrected chi connectivity index (χ2v) is 5.29. The van der Waals surface area contributed by atoms with Gasteiger partial charge in [-0.3, -0.25) is 0 Å². The summed E-state index contributed by atoms with van der Waals surface area (Å²) in [4.78, 5) is 3.41. The maximum absolute atomic E-state index is 7.12. The molecule has 22 heavy (non-hydrogen) atoms. The summed E-state index contributed by atoms with van der Waals surface area (Å²) in [6.07, 6.45) is 0. The van der Waals surface area contributed by atoms with E-state index in [1.54, 1.807) is 4.68 Å². The van der Waals surface area contributed by atoms with Crippen LogP contribution in [0.5, 0.6) is 0 Å². The van der Waals surface area contributed by atoms with Crippen LogP contribution in [0.4, 0.5) is 5.82 Å². The molecular formula is C18H17N4+. The van der Waals surface area contributed by atoms with Crippen molar-refractivity contribution in [3.8, 4) is 22.6 Å². The van der Waals surface area contributed by atoms with E-state index in [1.165, 1.54) is 11.1 Å². The van der Waals surface area contributed by atoms with Gasteiger partial charge < -0.3 is 4.85 Å². The van der Waals surface area contributed by atoms with E-state index in [0.29, 0.717) is 5.82 Å². The minimum atomic E-state index is 0.416. The second-order valence-electron chi connectivity index (χ2n) is 5.29. The maximum Gasteiger partial charge on any atom is 0.296 e. The Bertz CT molecular complexity index is 884. The summed E-state index contributed by atoms with van der Waals surface area (Å²) in [6.45, 7) is 9.23. The van der Waals surface area contributed by atoms with Gasteiger partial charge in [0.05, 0.1) is 7.05 Å². The second kappa shape index (κ2) is 5.45. The molecule has 0 amide bonds. The molecule has 0 saturated carbocycles. The lowest BCUT2D eigenvalue weighted by Crippen LogP contribution is -2.34. The van der Waals surface area contributed by atoms with Gasteiger partial charge in [-0.05, 0) is 35.8 Å². The van der Waals surface area contributed by atoms with Crippen LogP contribution in [0.2, 0.25) is 0 Å². The molecule has 0 unspecified atom stereocenters. The molecule has 0 aliphatic rings. The molecule has 0 fully saturated rings. The van der Waals surface area contributed by atoms with Crippen LogP contribution in [0.1, 0.15) is 5.56 Å². The van der Waals surface area contributed by atoms with Crippen LogP contribution in [0.15, 0.2) is 48.5 Å². The van der Waals surface area contributed by atoms with Crippen LogP contribution in [-0.4, -0.2) is 9.78 Å². The van der Waals surface area contributed by atoms with Crippen LogP contribution in [0.3, 0.4) is 0 Å². The minimum Gasteiger partial charge on any atom is -0.359 e. The zero-order valence-corrected chi connectivity index (χ0v) is 12.9. The molecule has 4 heteroatoms. The molecule has 3 rings (SSSR count). The average molecular weight is 289 g/mol. The SMILES string of the molecule is [C-]#[N+]c1cc(-c2cccc(-c3ccccc3C)[n+]2C)n(C)n1. The number of rotatable bonds is 2. The number of hydrogen-bond acceptors (Lipinski definition) is 1. The van der Waals surface area contributed by atoms with Crippen molar-refractivity contribution in [2.45, 2.75) is 6.92 Å². The Balaban J connectivity index is 2.20. The van der Waals surface area contributed by atoms with Crippen molar-refractivity contribution in [3.05, 3.63) is 65.5 Å². The van der Waals surface area contributed by atoms with E-state index >= 15 is 0 Å². The van der Waals surface area contributed by atoms with Crippen molar-refractivity contribution in [3.63, 3.8) is 0 Å². The monoisotopic (exact) mass is 289 g/mol. The molecule has 0 atom stereocenters. The lowest BCUT2D eigenvalue weighted by molar-refractivity contribution is -0.649. The van der Waals surface area contributed by atoms with Crippen LogP contribution in [-0.2, 0) is 14.1 Å². The third kappa shape index (κ3) is 2.27. The van der Waals surface area contributed by atoms with E-state index < -0.39 is 0 Å². The fourth-order valence-electron chi connectivity index (χ4n) is 2.72. The fraction of sp³-hybridized carbons (Fsp3) is 0.167. The van der Waals surface area contributed by atoms with E-state index in [-0.39, 0.29) is 0 Å². The van der Waals surface area contributed by atoms with Gasteiger partial charge in [-0.15, -0.1) is 0 Å². The molecule has 108 valence electrons. The third-order valence-electron chi connectivity index (χ3n) is 3.90. The van der Waals surface area contributed by atoms with Gasteiger partial charge in [0.1, 0.15) is 12.7 Å².